The number of benzene rings is 1. The SMILES string of the molecule is COc1ccc(S(=O)(=O)NC2CCN(C(=O)c3ccoc3)CC2)cc1Cl. The van der Waals surface area contributed by atoms with Crippen LogP contribution in [0.1, 0.15) is 23.2 Å². The van der Waals surface area contributed by atoms with Gasteiger partial charge < -0.3 is 14.1 Å². The van der Waals surface area contributed by atoms with E-state index in [1.807, 2.05) is 0 Å². The summed E-state index contributed by atoms with van der Waals surface area (Å²) in [5.74, 6) is 0.304. The van der Waals surface area contributed by atoms with Crippen LogP contribution >= 0.6 is 11.6 Å². The van der Waals surface area contributed by atoms with Crippen LogP contribution in [0.5, 0.6) is 5.75 Å². The molecule has 3 rings (SSSR count). The minimum atomic E-state index is -3.70. The quantitative estimate of drug-likeness (QED) is 0.835. The summed E-state index contributed by atoms with van der Waals surface area (Å²) in [5, 5.41) is 0.232. The highest BCUT2D eigenvalue weighted by molar-refractivity contribution is 7.89. The number of methoxy groups -OCH3 is 1. The van der Waals surface area contributed by atoms with E-state index >= 15 is 0 Å². The maximum Gasteiger partial charge on any atom is 0.257 e. The van der Waals surface area contributed by atoms with Gasteiger partial charge in [0.05, 0.1) is 28.9 Å². The number of likely N-dealkylation sites (tertiary alicyclic amines) is 1. The molecule has 26 heavy (non-hydrogen) atoms. The van der Waals surface area contributed by atoms with E-state index in [1.165, 1.54) is 37.8 Å². The second-order valence-corrected chi connectivity index (χ2v) is 8.12. The van der Waals surface area contributed by atoms with Gasteiger partial charge in [-0.2, -0.15) is 0 Å². The van der Waals surface area contributed by atoms with Gasteiger partial charge in [0.2, 0.25) is 10.0 Å². The number of nitrogens with zero attached hydrogens (tertiary/aromatic N) is 1. The standard InChI is InChI=1S/C17H19ClN2O5S/c1-24-16-3-2-14(10-15(16)18)26(22,23)19-13-4-7-20(8-5-13)17(21)12-6-9-25-11-12/h2-3,6,9-11,13,19H,4-5,7-8H2,1H3. The van der Waals surface area contributed by atoms with Crippen molar-refractivity contribution in [2.24, 2.45) is 0 Å². The number of halogens is 1. The Morgan fingerprint density at radius 2 is 2.04 bits per heavy atom. The van der Waals surface area contributed by atoms with E-state index in [4.69, 9.17) is 20.8 Å². The Kier molecular flexibility index (Phi) is 5.55. The van der Waals surface area contributed by atoms with Gasteiger partial charge in [0.15, 0.2) is 0 Å². The van der Waals surface area contributed by atoms with Gasteiger partial charge in [-0.3, -0.25) is 4.79 Å². The van der Waals surface area contributed by atoms with Crippen LogP contribution in [0.25, 0.3) is 0 Å². The zero-order chi connectivity index (χ0) is 18.7. The Labute approximate surface area is 156 Å². The summed E-state index contributed by atoms with van der Waals surface area (Å²) in [6.07, 6.45) is 3.93. The lowest BCUT2D eigenvalue weighted by molar-refractivity contribution is 0.0710. The first-order valence-electron chi connectivity index (χ1n) is 8.08. The number of piperidine rings is 1. The summed E-state index contributed by atoms with van der Waals surface area (Å²) >= 11 is 6.01. The molecule has 0 aliphatic carbocycles. The Balaban J connectivity index is 1.61. The summed E-state index contributed by atoms with van der Waals surface area (Å²) < 4.78 is 37.8. The molecule has 1 aliphatic rings. The van der Waals surface area contributed by atoms with Crippen LogP contribution in [0.4, 0.5) is 0 Å². The van der Waals surface area contributed by atoms with Crippen LogP contribution in [0.3, 0.4) is 0 Å². The zero-order valence-corrected chi connectivity index (χ0v) is 15.7. The van der Waals surface area contributed by atoms with Crippen molar-refractivity contribution in [3.8, 4) is 5.75 Å². The molecule has 1 fully saturated rings. The minimum absolute atomic E-state index is 0.0835. The molecular weight excluding hydrogens is 380 g/mol. The van der Waals surface area contributed by atoms with Crippen LogP contribution in [0.15, 0.2) is 46.1 Å². The number of hydrogen-bond donors (Lipinski definition) is 1. The molecule has 2 heterocycles. The van der Waals surface area contributed by atoms with Crippen molar-refractivity contribution in [1.82, 2.24) is 9.62 Å². The number of carbonyl (C=O) groups is 1. The van der Waals surface area contributed by atoms with E-state index < -0.39 is 10.0 Å². The van der Waals surface area contributed by atoms with Gasteiger partial charge in [0, 0.05) is 19.1 Å². The van der Waals surface area contributed by atoms with E-state index in [2.05, 4.69) is 4.72 Å². The highest BCUT2D eigenvalue weighted by Gasteiger charge is 2.27. The smallest absolute Gasteiger partial charge is 0.257 e. The number of ether oxygens (including phenoxy) is 1. The van der Waals surface area contributed by atoms with Crippen molar-refractivity contribution in [1.29, 1.82) is 0 Å². The largest absolute Gasteiger partial charge is 0.495 e. The molecule has 2 aromatic rings. The average Bonchev–Trinajstić information content (AvgIpc) is 3.16. The number of rotatable bonds is 5. The Hall–Kier alpha value is -2.03. The summed E-state index contributed by atoms with van der Waals surface area (Å²) in [6.45, 7) is 0.946. The molecule has 0 atom stereocenters. The molecule has 1 saturated heterocycles. The minimum Gasteiger partial charge on any atom is -0.495 e. The Morgan fingerprint density at radius 1 is 1.31 bits per heavy atom. The molecular formula is C17H19ClN2O5S. The molecule has 1 amide bonds. The number of sulfonamides is 1. The van der Waals surface area contributed by atoms with Crippen molar-refractivity contribution in [2.75, 3.05) is 20.2 Å². The molecule has 0 saturated carbocycles. The first-order valence-corrected chi connectivity index (χ1v) is 9.94. The number of amides is 1. The fourth-order valence-corrected chi connectivity index (χ4v) is 4.52. The molecule has 0 bridgehead atoms. The van der Waals surface area contributed by atoms with Gasteiger partial charge in [-0.15, -0.1) is 0 Å². The topological polar surface area (TPSA) is 88.9 Å². The van der Waals surface area contributed by atoms with Gasteiger partial charge in [-0.05, 0) is 37.1 Å². The number of nitrogens with one attached hydrogen (secondary N) is 1. The third-order valence-corrected chi connectivity index (χ3v) is 6.12. The lowest BCUT2D eigenvalue weighted by Crippen LogP contribution is -2.46. The van der Waals surface area contributed by atoms with Crippen LogP contribution < -0.4 is 9.46 Å². The molecule has 1 aromatic carbocycles. The van der Waals surface area contributed by atoms with Crippen LogP contribution in [-0.2, 0) is 10.0 Å². The van der Waals surface area contributed by atoms with Crippen molar-refractivity contribution < 1.29 is 22.4 Å². The van der Waals surface area contributed by atoms with Crippen molar-refractivity contribution >= 4 is 27.5 Å². The molecule has 1 aromatic heterocycles. The van der Waals surface area contributed by atoms with Crippen molar-refractivity contribution in [3.05, 3.63) is 47.4 Å². The highest BCUT2D eigenvalue weighted by atomic mass is 35.5. The molecule has 0 spiro atoms. The van der Waals surface area contributed by atoms with Crippen molar-refractivity contribution in [3.63, 3.8) is 0 Å². The monoisotopic (exact) mass is 398 g/mol. The van der Waals surface area contributed by atoms with Crippen LogP contribution in [0.2, 0.25) is 5.02 Å². The zero-order valence-electron chi connectivity index (χ0n) is 14.1. The number of furan rings is 1. The Bertz CT molecular complexity index is 875. The molecule has 0 radical (unpaired) electrons. The third-order valence-electron chi connectivity index (χ3n) is 4.31. The number of hydrogen-bond acceptors (Lipinski definition) is 5. The fourth-order valence-electron chi connectivity index (χ4n) is 2.87. The molecule has 9 heteroatoms. The maximum absolute atomic E-state index is 12.6. The van der Waals surface area contributed by atoms with E-state index in [0.717, 1.165) is 0 Å². The summed E-state index contributed by atoms with van der Waals surface area (Å²) in [6, 6.07) is 5.70. The predicted molar refractivity (Wildman–Crippen MR) is 96.0 cm³/mol. The van der Waals surface area contributed by atoms with E-state index in [0.29, 0.717) is 37.2 Å². The molecule has 0 unspecified atom stereocenters. The molecule has 7 nitrogen and oxygen atoms in total. The lowest BCUT2D eigenvalue weighted by Gasteiger charge is -2.32. The van der Waals surface area contributed by atoms with Gasteiger partial charge >= 0.3 is 0 Å². The first kappa shape index (κ1) is 18.8. The van der Waals surface area contributed by atoms with Gasteiger partial charge in [0.1, 0.15) is 12.0 Å². The maximum atomic E-state index is 12.6. The first-order chi connectivity index (χ1) is 12.4. The third kappa shape index (κ3) is 4.03. The molecule has 1 aliphatic heterocycles. The van der Waals surface area contributed by atoms with Crippen LogP contribution in [0, 0.1) is 0 Å². The highest BCUT2D eigenvalue weighted by Crippen LogP contribution is 2.27. The second-order valence-electron chi connectivity index (χ2n) is 6.00. The van der Waals surface area contributed by atoms with Gasteiger partial charge in [-0.25, -0.2) is 13.1 Å². The number of carbonyl (C=O) groups excluding carboxylic acids is 1. The van der Waals surface area contributed by atoms with E-state index in [9.17, 15) is 13.2 Å². The van der Waals surface area contributed by atoms with Gasteiger partial charge in [0.25, 0.3) is 5.91 Å². The second kappa shape index (κ2) is 7.69. The normalized spacial score (nSPS) is 15.8. The molecule has 1 N–H and O–H groups in total. The Morgan fingerprint density at radius 3 is 2.62 bits per heavy atom. The summed E-state index contributed by atoms with van der Waals surface area (Å²) in [7, 11) is -2.23. The predicted octanol–water partition coefficient (Wildman–Crippen LogP) is 2.52. The van der Waals surface area contributed by atoms with Crippen molar-refractivity contribution in [2.45, 2.75) is 23.8 Å². The van der Waals surface area contributed by atoms with Gasteiger partial charge in [-0.1, -0.05) is 11.6 Å². The fraction of sp³-hybridized carbons (Fsp3) is 0.353. The van der Waals surface area contributed by atoms with E-state index in [1.54, 1.807) is 11.0 Å². The summed E-state index contributed by atoms with van der Waals surface area (Å²) in [5.41, 5.74) is 0.497. The van der Waals surface area contributed by atoms with E-state index in [-0.39, 0.29) is 21.9 Å². The molecule has 140 valence electrons. The lowest BCUT2D eigenvalue weighted by atomic mass is 10.1. The average molecular weight is 399 g/mol. The van der Waals surface area contributed by atoms with Crippen LogP contribution in [-0.4, -0.2) is 45.5 Å². The summed E-state index contributed by atoms with van der Waals surface area (Å²) in [4.78, 5) is 14.1.